The molecular weight excluding hydrogens is 452 g/mol. The highest BCUT2D eigenvalue weighted by atomic mass is 32.1. The van der Waals surface area contributed by atoms with Crippen molar-refractivity contribution < 1.29 is 0 Å². The molecule has 0 radical (unpaired) electrons. The summed E-state index contributed by atoms with van der Waals surface area (Å²) in [5.74, 6) is 1.20. The summed E-state index contributed by atoms with van der Waals surface area (Å²) in [5.41, 5.74) is 4.97. The molecule has 6 heteroatoms. The fraction of sp³-hybridized carbons (Fsp3) is 0.414. The van der Waals surface area contributed by atoms with Crippen LogP contribution in [0.1, 0.15) is 42.8 Å². The van der Waals surface area contributed by atoms with Gasteiger partial charge in [-0.3, -0.25) is 9.36 Å². The average molecular weight is 487 g/mol. The van der Waals surface area contributed by atoms with Gasteiger partial charge in [-0.2, -0.15) is 0 Å². The van der Waals surface area contributed by atoms with Gasteiger partial charge in [-0.25, -0.2) is 9.97 Å². The zero-order valence-corrected chi connectivity index (χ0v) is 22.2. The lowest BCUT2D eigenvalue weighted by Gasteiger charge is -2.36. The minimum Gasteiger partial charge on any atom is -0.301 e. The summed E-state index contributed by atoms with van der Waals surface area (Å²) in [6.45, 7) is 13.6. The maximum absolute atomic E-state index is 14.1. The van der Waals surface area contributed by atoms with Gasteiger partial charge in [-0.05, 0) is 83.7 Å². The van der Waals surface area contributed by atoms with Crippen LogP contribution in [0, 0.1) is 26.7 Å². The van der Waals surface area contributed by atoms with E-state index in [1.807, 2.05) is 41.8 Å². The molecule has 0 amide bonds. The van der Waals surface area contributed by atoms with Crippen LogP contribution in [-0.4, -0.2) is 38.6 Å². The number of hydrogen-bond acceptors (Lipinski definition) is 5. The number of thiazole rings is 1. The molecule has 0 spiro atoms. The number of fused-ring (bicyclic) bond motifs is 1. The lowest BCUT2D eigenvalue weighted by Crippen LogP contribution is -2.42. The standard InChI is InChI=1S/C29H34N4OS/c1-18(2)32-14-8-10-22(16-32)17-33-27(24-11-7-6-9-19(24)3)31-26-13-12-23(15-25(26)29(33)34)28-30-20(4)21(5)35-28/h6-7,9,11-13,15,18,22H,8,10,14,16-17H2,1-5H3. The van der Waals surface area contributed by atoms with Crippen molar-refractivity contribution >= 4 is 22.2 Å². The first-order valence-electron chi connectivity index (χ1n) is 12.6. The number of likely N-dealkylation sites (tertiary alicyclic amines) is 1. The fourth-order valence-electron chi connectivity index (χ4n) is 5.12. The molecule has 1 unspecified atom stereocenters. The molecule has 4 aromatic rings. The summed E-state index contributed by atoms with van der Waals surface area (Å²) in [4.78, 5) is 27.6. The lowest BCUT2D eigenvalue weighted by atomic mass is 9.96. The molecule has 0 aliphatic carbocycles. The SMILES string of the molecule is Cc1ccccc1-c1nc2ccc(-c3nc(C)c(C)s3)cc2c(=O)n1CC1CCCN(C(C)C)C1. The zero-order valence-electron chi connectivity index (χ0n) is 21.3. The molecule has 1 aliphatic heterocycles. The molecule has 3 heterocycles. The Balaban J connectivity index is 1.65. The van der Waals surface area contributed by atoms with Crippen LogP contribution < -0.4 is 5.56 Å². The number of benzene rings is 2. The highest BCUT2D eigenvalue weighted by Gasteiger charge is 2.24. The van der Waals surface area contributed by atoms with E-state index in [9.17, 15) is 4.79 Å². The van der Waals surface area contributed by atoms with Crippen molar-refractivity contribution in [1.82, 2.24) is 19.4 Å². The molecular formula is C29H34N4OS. The number of nitrogens with zero attached hydrogens (tertiary/aromatic N) is 4. The molecule has 5 rings (SSSR count). The van der Waals surface area contributed by atoms with Crippen LogP contribution in [-0.2, 0) is 6.54 Å². The van der Waals surface area contributed by atoms with Gasteiger partial charge < -0.3 is 4.90 Å². The van der Waals surface area contributed by atoms with Crippen molar-refractivity contribution in [3.05, 3.63) is 69.0 Å². The smallest absolute Gasteiger partial charge is 0.261 e. The molecule has 182 valence electrons. The maximum Gasteiger partial charge on any atom is 0.261 e. The Morgan fingerprint density at radius 3 is 2.60 bits per heavy atom. The van der Waals surface area contributed by atoms with E-state index >= 15 is 0 Å². The molecule has 1 atom stereocenters. The molecule has 2 aromatic heterocycles. The Bertz CT molecular complexity index is 1420. The van der Waals surface area contributed by atoms with Crippen LogP contribution in [0.15, 0.2) is 47.3 Å². The Morgan fingerprint density at radius 2 is 1.89 bits per heavy atom. The summed E-state index contributed by atoms with van der Waals surface area (Å²) in [7, 11) is 0. The minimum atomic E-state index is 0.0433. The summed E-state index contributed by atoms with van der Waals surface area (Å²) >= 11 is 1.67. The van der Waals surface area contributed by atoms with E-state index in [1.165, 1.54) is 11.3 Å². The van der Waals surface area contributed by atoms with Gasteiger partial charge in [-0.15, -0.1) is 11.3 Å². The third-order valence-electron chi connectivity index (χ3n) is 7.34. The Morgan fingerprint density at radius 1 is 1.09 bits per heavy atom. The Kier molecular flexibility index (Phi) is 6.60. The van der Waals surface area contributed by atoms with E-state index in [2.05, 4.69) is 44.7 Å². The third kappa shape index (κ3) is 4.69. The Hall–Kier alpha value is -2.83. The number of aryl methyl sites for hydroxylation is 3. The van der Waals surface area contributed by atoms with E-state index in [0.717, 1.165) is 58.2 Å². The number of piperidine rings is 1. The maximum atomic E-state index is 14.1. The van der Waals surface area contributed by atoms with Crippen molar-refractivity contribution in [3.63, 3.8) is 0 Å². The highest BCUT2D eigenvalue weighted by molar-refractivity contribution is 7.15. The molecule has 2 aromatic carbocycles. The van der Waals surface area contributed by atoms with Crippen LogP contribution >= 0.6 is 11.3 Å². The van der Waals surface area contributed by atoms with E-state index in [4.69, 9.17) is 9.97 Å². The van der Waals surface area contributed by atoms with E-state index < -0.39 is 0 Å². The Labute approximate surface area is 211 Å². The van der Waals surface area contributed by atoms with Crippen molar-refractivity contribution in [2.24, 2.45) is 5.92 Å². The van der Waals surface area contributed by atoms with Crippen LogP contribution in [0.2, 0.25) is 0 Å². The first kappa shape index (κ1) is 23.9. The zero-order chi connectivity index (χ0) is 24.7. The lowest BCUT2D eigenvalue weighted by molar-refractivity contribution is 0.130. The van der Waals surface area contributed by atoms with Gasteiger partial charge in [0, 0.05) is 35.1 Å². The molecule has 0 N–H and O–H groups in total. The predicted molar refractivity (Wildman–Crippen MR) is 146 cm³/mol. The average Bonchev–Trinajstić information content (AvgIpc) is 3.19. The number of rotatable bonds is 5. The number of hydrogen-bond donors (Lipinski definition) is 0. The van der Waals surface area contributed by atoms with Gasteiger partial charge in [0.25, 0.3) is 5.56 Å². The van der Waals surface area contributed by atoms with Gasteiger partial charge >= 0.3 is 0 Å². The quantitative estimate of drug-likeness (QED) is 0.335. The molecule has 35 heavy (non-hydrogen) atoms. The largest absolute Gasteiger partial charge is 0.301 e. The van der Waals surface area contributed by atoms with Crippen molar-refractivity contribution in [1.29, 1.82) is 0 Å². The van der Waals surface area contributed by atoms with Crippen molar-refractivity contribution in [3.8, 4) is 22.0 Å². The highest BCUT2D eigenvalue weighted by Crippen LogP contribution is 2.30. The molecule has 5 nitrogen and oxygen atoms in total. The minimum absolute atomic E-state index is 0.0433. The van der Waals surface area contributed by atoms with Crippen molar-refractivity contribution in [2.75, 3.05) is 13.1 Å². The van der Waals surface area contributed by atoms with E-state index in [0.29, 0.717) is 23.9 Å². The van der Waals surface area contributed by atoms with Gasteiger partial charge in [0.15, 0.2) is 0 Å². The van der Waals surface area contributed by atoms with E-state index in [-0.39, 0.29) is 5.56 Å². The molecule has 1 aliphatic rings. The second kappa shape index (κ2) is 9.67. The summed E-state index contributed by atoms with van der Waals surface area (Å²) in [6, 6.07) is 14.8. The van der Waals surface area contributed by atoms with Gasteiger partial charge in [0.1, 0.15) is 10.8 Å². The van der Waals surface area contributed by atoms with E-state index in [1.54, 1.807) is 11.3 Å². The topological polar surface area (TPSA) is 51.0 Å². The van der Waals surface area contributed by atoms with Gasteiger partial charge in [-0.1, -0.05) is 24.3 Å². The van der Waals surface area contributed by atoms with Crippen LogP contribution in [0.4, 0.5) is 0 Å². The molecule has 0 bridgehead atoms. The predicted octanol–water partition coefficient (Wildman–Crippen LogP) is 6.23. The van der Waals surface area contributed by atoms with Gasteiger partial charge in [0.05, 0.1) is 16.6 Å². The van der Waals surface area contributed by atoms with Gasteiger partial charge in [0.2, 0.25) is 0 Å². The summed E-state index contributed by atoms with van der Waals surface area (Å²) < 4.78 is 1.95. The first-order valence-corrected chi connectivity index (χ1v) is 13.4. The van der Waals surface area contributed by atoms with Crippen LogP contribution in [0.3, 0.4) is 0 Å². The van der Waals surface area contributed by atoms with Crippen LogP contribution in [0.5, 0.6) is 0 Å². The third-order valence-corrected chi connectivity index (χ3v) is 8.46. The molecule has 1 saturated heterocycles. The molecule has 1 fully saturated rings. The summed E-state index contributed by atoms with van der Waals surface area (Å²) in [5, 5.41) is 1.62. The fourth-order valence-corrected chi connectivity index (χ4v) is 6.03. The van der Waals surface area contributed by atoms with Crippen molar-refractivity contribution in [2.45, 2.75) is 60.0 Å². The summed E-state index contributed by atoms with van der Waals surface area (Å²) in [6.07, 6.45) is 2.31. The second-order valence-electron chi connectivity index (χ2n) is 10.2. The monoisotopic (exact) mass is 486 g/mol. The normalized spacial score (nSPS) is 16.9. The second-order valence-corrected chi connectivity index (χ2v) is 11.4. The first-order chi connectivity index (χ1) is 16.8. The molecule has 0 saturated carbocycles. The van der Waals surface area contributed by atoms with Crippen LogP contribution in [0.25, 0.3) is 32.9 Å². The number of aromatic nitrogens is 3.